The Morgan fingerprint density at radius 2 is 1.42 bits per heavy atom. The van der Waals surface area contributed by atoms with Gasteiger partial charge in [-0.05, 0) is 53.6 Å². The Morgan fingerprint density at radius 3 is 1.84 bits per heavy atom. The lowest BCUT2D eigenvalue weighted by Gasteiger charge is -2.30. The van der Waals surface area contributed by atoms with Crippen LogP contribution in [0.1, 0.15) is 93.2 Å². The predicted molar refractivity (Wildman–Crippen MR) is 126 cm³/mol. The minimum atomic E-state index is -0.999. The standard InChI is InChI=1S/C26H35NO4/c1-8-9-14-31-22-20(25(2,3)4)15-18(16-21(22)26(5,6)7)23(28)27-19-12-10-17(11-13-19)24(29)30/h10-13,15-16H,8-9,14H2,1-7H3,(H,27,28)(H,29,30). The molecule has 0 aliphatic heterocycles. The van der Waals surface area contributed by atoms with Gasteiger partial charge >= 0.3 is 5.97 Å². The first kappa shape index (κ1) is 24.4. The maximum atomic E-state index is 13.1. The van der Waals surface area contributed by atoms with Crippen molar-refractivity contribution in [2.75, 3.05) is 11.9 Å². The van der Waals surface area contributed by atoms with Crippen LogP contribution in [0.2, 0.25) is 0 Å². The first-order valence-corrected chi connectivity index (χ1v) is 10.8. The van der Waals surface area contributed by atoms with Crippen LogP contribution in [-0.4, -0.2) is 23.6 Å². The number of aromatic carboxylic acids is 1. The van der Waals surface area contributed by atoms with Crippen LogP contribution in [0, 0.1) is 0 Å². The second-order valence-electron chi connectivity index (χ2n) is 9.94. The van der Waals surface area contributed by atoms with Gasteiger partial charge < -0.3 is 15.2 Å². The van der Waals surface area contributed by atoms with Gasteiger partial charge in [0.2, 0.25) is 0 Å². The lowest BCUT2D eigenvalue weighted by atomic mass is 9.78. The quantitative estimate of drug-likeness (QED) is 0.503. The third-order valence-corrected chi connectivity index (χ3v) is 5.10. The second-order valence-corrected chi connectivity index (χ2v) is 9.94. The minimum Gasteiger partial charge on any atom is -0.493 e. The first-order valence-electron chi connectivity index (χ1n) is 10.8. The molecule has 0 heterocycles. The molecule has 2 rings (SSSR count). The van der Waals surface area contributed by atoms with Gasteiger partial charge in [-0.1, -0.05) is 54.9 Å². The van der Waals surface area contributed by atoms with Crippen molar-refractivity contribution in [3.05, 3.63) is 58.7 Å². The van der Waals surface area contributed by atoms with E-state index in [9.17, 15) is 9.59 Å². The van der Waals surface area contributed by atoms with Crippen LogP contribution in [-0.2, 0) is 10.8 Å². The smallest absolute Gasteiger partial charge is 0.335 e. The van der Waals surface area contributed by atoms with Gasteiger partial charge in [-0.15, -0.1) is 0 Å². The van der Waals surface area contributed by atoms with Crippen molar-refractivity contribution in [3.8, 4) is 5.75 Å². The average molecular weight is 426 g/mol. The fourth-order valence-corrected chi connectivity index (χ4v) is 3.25. The molecule has 2 N–H and O–H groups in total. The largest absolute Gasteiger partial charge is 0.493 e. The van der Waals surface area contributed by atoms with E-state index in [4.69, 9.17) is 9.84 Å². The number of carboxylic acid groups (broad SMARTS) is 1. The predicted octanol–water partition coefficient (Wildman–Crippen LogP) is 6.41. The molecule has 0 unspecified atom stereocenters. The van der Waals surface area contributed by atoms with Crippen molar-refractivity contribution in [2.24, 2.45) is 0 Å². The summed E-state index contributed by atoms with van der Waals surface area (Å²) in [6, 6.07) is 9.97. The average Bonchev–Trinajstić information content (AvgIpc) is 2.66. The van der Waals surface area contributed by atoms with Crippen molar-refractivity contribution < 1.29 is 19.4 Å². The third-order valence-electron chi connectivity index (χ3n) is 5.10. The highest BCUT2D eigenvalue weighted by atomic mass is 16.5. The number of amides is 1. The number of rotatable bonds is 7. The highest BCUT2D eigenvalue weighted by molar-refractivity contribution is 6.05. The lowest BCUT2D eigenvalue weighted by Crippen LogP contribution is -2.23. The van der Waals surface area contributed by atoms with Crippen molar-refractivity contribution in [2.45, 2.75) is 72.1 Å². The summed E-state index contributed by atoms with van der Waals surface area (Å²) in [5, 5.41) is 11.9. The molecule has 2 aromatic rings. The molecule has 31 heavy (non-hydrogen) atoms. The van der Waals surface area contributed by atoms with Gasteiger partial charge in [0.25, 0.3) is 5.91 Å². The number of hydrogen-bond acceptors (Lipinski definition) is 3. The molecule has 0 fully saturated rings. The molecule has 0 aliphatic rings. The Kier molecular flexibility index (Phi) is 7.53. The number of nitrogens with one attached hydrogen (secondary N) is 1. The molecule has 0 aromatic heterocycles. The van der Waals surface area contributed by atoms with E-state index in [1.807, 2.05) is 12.1 Å². The molecule has 1 amide bonds. The van der Waals surface area contributed by atoms with Gasteiger partial charge in [0, 0.05) is 22.4 Å². The van der Waals surface area contributed by atoms with Gasteiger partial charge in [-0.3, -0.25) is 4.79 Å². The zero-order chi connectivity index (χ0) is 23.4. The molecule has 168 valence electrons. The van der Waals surface area contributed by atoms with Crippen LogP contribution >= 0.6 is 0 Å². The lowest BCUT2D eigenvalue weighted by molar-refractivity contribution is 0.0696. The molecule has 0 saturated heterocycles. The SMILES string of the molecule is CCCCOc1c(C(C)(C)C)cc(C(=O)Nc2ccc(C(=O)O)cc2)cc1C(C)(C)C. The van der Waals surface area contributed by atoms with Crippen molar-refractivity contribution in [1.82, 2.24) is 0 Å². The summed E-state index contributed by atoms with van der Waals surface area (Å²) >= 11 is 0. The molecule has 0 atom stereocenters. The monoisotopic (exact) mass is 425 g/mol. The molecule has 0 radical (unpaired) electrons. The summed E-state index contributed by atoms with van der Waals surface area (Å²) in [5.74, 6) is -0.365. The van der Waals surface area contributed by atoms with Gasteiger partial charge in [0.15, 0.2) is 0 Å². The van der Waals surface area contributed by atoms with E-state index in [1.54, 1.807) is 12.1 Å². The summed E-state index contributed by atoms with van der Waals surface area (Å²) in [4.78, 5) is 24.1. The molecular formula is C26H35NO4. The minimum absolute atomic E-state index is 0.177. The number of unbranched alkanes of at least 4 members (excludes halogenated alkanes) is 1. The molecule has 0 bridgehead atoms. The maximum Gasteiger partial charge on any atom is 0.335 e. The van der Waals surface area contributed by atoms with Crippen molar-refractivity contribution >= 4 is 17.6 Å². The Balaban J connectivity index is 2.49. The van der Waals surface area contributed by atoms with Crippen LogP contribution in [0.5, 0.6) is 5.75 Å². The number of carbonyl (C=O) groups is 2. The number of anilines is 1. The molecule has 0 aliphatic carbocycles. The molecular weight excluding hydrogens is 390 g/mol. The number of benzene rings is 2. The van der Waals surface area contributed by atoms with Gasteiger partial charge in [0.05, 0.1) is 12.2 Å². The van der Waals surface area contributed by atoms with Gasteiger partial charge in [-0.2, -0.15) is 0 Å². The van der Waals surface area contributed by atoms with E-state index in [0.29, 0.717) is 17.9 Å². The van der Waals surface area contributed by atoms with Gasteiger partial charge in [0.1, 0.15) is 5.75 Å². The highest BCUT2D eigenvalue weighted by Crippen LogP contribution is 2.41. The van der Waals surface area contributed by atoms with Crippen LogP contribution in [0.3, 0.4) is 0 Å². The molecule has 0 spiro atoms. The van der Waals surface area contributed by atoms with Gasteiger partial charge in [-0.25, -0.2) is 4.79 Å². The number of hydrogen-bond donors (Lipinski definition) is 2. The number of ether oxygens (including phenoxy) is 1. The van der Waals surface area contributed by atoms with Crippen LogP contribution < -0.4 is 10.1 Å². The number of carbonyl (C=O) groups excluding carboxylic acids is 1. The van der Waals surface area contributed by atoms with E-state index in [2.05, 4.69) is 53.8 Å². The number of carboxylic acids is 1. The molecule has 5 nitrogen and oxygen atoms in total. The van der Waals surface area contributed by atoms with Crippen LogP contribution in [0.15, 0.2) is 36.4 Å². The van der Waals surface area contributed by atoms with E-state index in [-0.39, 0.29) is 22.3 Å². The normalized spacial score (nSPS) is 11.8. The second kappa shape index (κ2) is 9.54. The summed E-state index contributed by atoms with van der Waals surface area (Å²) in [5.41, 5.74) is 2.87. The van der Waals surface area contributed by atoms with Crippen LogP contribution in [0.4, 0.5) is 5.69 Å². The molecule has 2 aromatic carbocycles. The highest BCUT2D eigenvalue weighted by Gasteiger charge is 2.29. The van der Waals surface area contributed by atoms with Crippen molar-refractivity contribution in [1.29, 1.82) is 0 Å². The van der Waals surface area contributed by atoms with E-state index < -0.39 is 5.97 Å². The summed E-state index contributed by atoms with van der Waals surface area (Å²) < 4.78 is 6.26. The molecule has 5 heteroatoms. The summed E-state index contributed by atoms with van der Waals surface area (Å²) in [7, 11) is 0. The maximum absolute atomic E-state index is 13.1. The summed E-state index contributed by atoms with van der Waals surface area (Å²) in [6.45, 7) is 15.5. The van der Waals surface area contributed by atoms with E-state index >= 15 is 0 Å². The fraction of sp³-hybridized carbons (Fsp3) is 0.462. The Morgan fingerprint density at radius 1 is 0.903 bits per heavy atom. The zero-order valence-electron chi connectivity index (χ0n) is 19.8. The third kappa shape index (κ3) is 6.33. The Labute approximate surface area is 185 Å². The zero-order valence-corrected chi connectivity index (χ0v) is 19.8. The van der Waals surface area contributed by atoms with E-state index in [1.165, 1.54) is 12.1 Å². The Bertz CT molecular complexity index is 896. The van der Waals surface area contributed by atoms with Crippen LogP contribution in [0.25, 0.3) is 0 Å². The topological polar surface area (TPSA) is 75.6 Å². The first-order chi connectivity index (χ1) is 14.3. The summed E-state index contributed by atoms with van der Waals surface area (Å²) in [6.07, 6.45) is 2.03. The van der Waals surface area contributed by atoms with Crippen molar-refractivity contribution in [3.63, 3.8) is 0 Å². The fourth-order valence-electron chi connectivity index (χ4n) is 3.25. The molecule has 0 saturated carbocycles. The van der Waals surface area contributed by atoms with E-state index in [0.717, 1.165) is 29.7 Å². The Hall–Kier alpha value is -2.82.